The van der Waals surface area contributed by atoms with Gasteiger partial charge >= 0.3 is 0 Å². The number of piperidine rings is 1. The van der Waals surface area contributed by atoms with E-state index >= 15 is 0 Å². The number of fused-ring (bicyclic) bond motifs is 1. The van der Waals surface area contributed by atoms with Crippen LogP contribution in [-0.4, -0.2) is 32.8 Å². The fraction of sp³-hybridized carbons (Fsp3) is 0.333. The number of allylic oxidation sites excluding steroid dienone is 3. The molecule has 5 N–H and O–H groups in total. The Kier molecular flexibility index (Phi) is 6.02. The number of anilines is 1. The monoisotopic (exact) mass is 352 g/mol. The molecule has 1 aromatic carbocycles. The van der Waals surface area contributed by atoms with E-state index in [0.29, 0.717) is 11.8 Å². The van der Waals surface area contributed by atoms with Crippen LogP contribution in [0.2, 0.25) is 0 Å². The lowest BCUT2D eigenvalue weighted by Crippen LogP contribution is -2.40. The van der Waals surface area contributed by atoms with Crippen LogP contribution in [0, 0.1) is 0 Å². The average molecular weight is 352 g/mol. The van der Waals surface area contributed by atoms with Crippen LogP contribution < -0.4 is 32.1 Å². The number of rotatable bonds is 6. The van der Waals surface area contributed by atoms with Crippen molar-refractivity contribution in [3.8, 4) is 0 Å². The highest BCUT2D eigenvalue weighted by molar-refractivity contribution is 5.77. The summed E-state index contributed by atoms with van der Waals surface area (Å²) in [5.41, 5.74) is 9.02. The van der Waals surface area contributed by atoms with E-state index in [1.807, 2.05) is 6.08 Å². The van der Waals surface area contributed by atoms with E-state index in [0.717, 1.165) is 49.3 Å². The van der Waals surface area contributed by atoms with Crippen molar-refractivity contribution in [2.45, 2.75) is 18.9 Å². The van der Waals surface area contributed by atoms with Crippen molar-refractivity contribution >= 4 is 23.5 Å². The molecular formula is C21H28N4O. The summed E-state index contributed by atoms with van der Waals surface area (Å²) in [6, 6.07) is 4.82. The van der Waals surface area contributed by atoms with Crippen LogP contribution in [0.4, 0.5) is 5.69 Å². The van der Waals surface area contributed by atoms with Gasteiger partial charge in [0.25, 0.3) is 0 Å². The molecule has 0 bridgehead atoms. The third-order valence-corrected chi connectivity index (χ3v) is 4.84. The van der Waals surface area contributed by atoms with Crippen molar-refractivity contribution < 1.29 is 4.74 Å². The minimum Gasteiger partial charge on any atom is -0.497 e. The fourth-order valence-electron chi connectivity index (χ4n) is 3.39. The second-order valence-electron chi connectivity index (χ2n) is 6.53. The minimum atomic E-state index is 0.481. The van der Waals surface area contributed by atoms with Gasteiger partial charge in [0.05, 0.1) is 7.11 Å². The Morgan fingerprint density at radius 3 is 2.85 bits per heavy atom. The second-order valence-corrected chi connectivity index (χ2v) is 6.53. The van der Waals surface area contributed by atoms with Crippen LogP contribution >= 0.6 is 0 Å². The number of benzene rings is 1. The topological polar surface area (TPSA) is 71.3 Å². The van der Waals surface area contributed by atoms with Crippen molar-refractivity contribution in [1.82, 2.24) is 10.6 Å². The van der Waals surface area contributed by atoms with Gasteiger partial charge in [-0.1, -0.05) is 12.7 Å². The summed E-state index contributed by atoms with van der Waals surface area (Å²) in [7, 11) is 1.63. The second kappa shape index (κ2) is 8.63. The summed E-state index contributed by atoms with van der Waals surface area (Å²) < 4.78 is 5.32. The molecule has 1 saturated heterocycles. The van der Waals surface area contributed by atoms with Crippen LogP contribution in [0.15, 0.2) is 42.8 Å². The molecule has 0 radical (unpaired) electrons. The molecule has 0 amide bonds. The zero-order valence-corrected chi connectivity index (χ0v) is 15.3. The van der Waals surface area contributed by atoms with Gasteiger partial charge in [-0.2, -0.15) is 0 Å². The van der Waals surface area contributed by atoms with E-state index in [1.54, 1.807) is 19.4 Å². The summed E-state index contributed by atoms with van der Waals surface area (Å²) in [4.78, 5) is 0. The molecule has 2 aliphatic heterocycles. The lowest BCUT2D eigenvalue weighted by atomic mass is 10.00. The molecule has 0 aromatic heterocycles. The summed E-state index contributed by atoms with van der Waals surface area (Å²) in [6.07, 6.45) is 11.8. The van der Waals surface area contributed by atoms with E-state index in [9.17, 15) is 0 Å². The lowest BCUT2D eigenvalue weighted by Gasteiger charge is -2.25. The maximum atomic E-state index is 5.92. The van der Waals surface area contributed by atoms with Crippen molar-refractivity contribution in [3.63, 3.8) is 0 Å². The Hall–Kier alpha value is -2.66. The van der Waals surface area contributed by atoms with E-state index in [1.165, 1.54) is 10.4 Å². The number of nitrogens with one attached hydrogen (secondary N) is 3. The molecule has 0 atom stereocenters. The molecule has 1 aromatic rings. The van der Waals surface area contributed by atoms with E-state index in [-0.39, 0.29) is 0 Å². The van der Waals surface area contributed by atoms with Gasteiger partial charge < -0.3 is 26.4 Å². The molecule has 0 saturated carbocycles. The zero-order chi connectivity index (χ0) is 18.4. The Morgan fingerprint density at radius 1 is 1.35 bits per heavy atom. The maximum Gasteiger partial charge on any atom is 0.118 e. The summed E-state index contributed by atoms with van der Waals surface area (Å²) in [5, 5.41) is 12.9. The normalized spacial score (nSPS) is 18.0. The van der Waals surface area contributed by atoms with E-state index in [4.69, 9.17) is 10.5 Å². The smallest absolute Gasteiger partial charge is 0.118 e. The first-order valence-electron chi connectivity index (χ1n) is 9.10. The van der Waals surface area contributed by atoms with Crippen molar-refractivity contribution in [3.05, 3.63) is 58.8 Å². The van der Waals surface area contributed by atoms with E-state index in [2.05, 4.69) is 46.9 Å². The minimum absolute atomic E-state index is 0.481. The maximum absolute atomic E-state index is 5.92. The molecule has 2 heterocycles. The van der Waals surface area contributed by atoms with Gasteiger partial charge in [0, 0.05) is 41.5 Å². The van der Waals surface area contributed by atoms with Crippen LogP contribution in [0.5, 0.6) is 0 Å². The summed E-state index contributed by atoms with van der Waals surface area (Å²) in [5.74, 6) is 0.685. The first kappa shape index (κ1) is 18.1. The third-order valence-electron chi connectivity index (χ3n) is 4.84. The molecule has 0 unspecified atom stereocenters. The summed E-state index contributed by atoms with van der Waals surface area (Å²) in [6.45, 7) is 6.72. The first-order chi connectivity index (χ1) is 12.7. The van der Waals surface area contributed by atoms with Crippen molar-refractivity contribution in [1.29, 1.82) is 0 Å². The van der Waals surface area contributed by atoms with Gasteiger partial charge in [0.15, 0.2) is 0 Å². The fourth-order valence-corrected chi connectivity index (χ4v) is 3.39. The number of hydrogen-bond acceptors (Lipinski definition) is 5. The van der Waals surface area contributed by atoms with E-state index < -0.39 is 0 Å². The predicted molar refractivity (Wildman–Crippen MR) is 110 cm³/mol. The molecule has 3 rings (SSSR count). The van der Waals surface area contributed by atoms with Gasteiger partial charge in [-0.15, -0.1) is 0 Å². The largest absolute Gasteiger partial charge is 0.497 e. The molecule has 1 fully saturated rings. The van der Waals surface area contributed by atoms with Crippen LogP contribution in [0.3, 0.4) is 0 Å². The van der Waals surface area contributed by atoms with Crippen LogP contribution in [0.1, 0.15) is 18.4 Å². The zero-order valence-electron chi connectivity index (χ0n) is 15.3. The number of methoxy groups -OCH3 is 1. The summed E-state index contributed by atoms with van der Waals surface area (Å²) >= 11 is 0. The van der Waals surface area contributed by atoms with Gasteiger partial charge in [-0.3, -0.25) is 0 Å². The van der Waals surface area contributed by atoms with Crippen molar-refractivity contribution in [2.24, 2.45) is 5.73 Å². The molecule has 5 heteroatoms. The Bertz CT molecular complexity index is 832. The molecule has 2 aliphatic rings. The molecule has 26 heavy (non-hydrogen) atoms. The number of nitrogens with two attached hydrogens (primary N) is 1. The molecule has 0 aliphatic carbocycles. The Morgan fingerprint density at radius 2 is 2.15 bits per heavy atom. The highest BCUT2D eigenvalue weighted by Crippen LogP contribution is 2.19. The number of ether oxygens (including phenoxy) is 1. The van der Waals surface area contributed by atoms with Crippen LogP contribution in [-0.2, 0) is 4.74 Å². The lowest BCUT2D eigenvalue weighted by molar-refractivity contribution is 0.307. The molecule has 5 nitrogen and oxygen atoms in total. The van der Waals surface area contributed by atoms with Crippen molar-refractivity contribution in [2.75, 3.05) is 32.1 Å². The Labute approximate surface area is 155 Å². The number of hydrogen-bond donors (Lipinski definition) is 4. The quantitative estimate of drug-likeness (QED) is 0.454. The SMILES string of the molecule is C=C/C(=C\C(=C/N)c1cc(NC2CCNCC2)c2c(c1)=CCNC=2)OC. The average Bonchev–Trinajstić information content (AvgIpc) is 2.70. The first-order valence-corrected chi connectivity index (χ1v) is 9.10. The Balaban J connectivity index is 2.03. The standard InChI is InChI=1S/C21H28N4O/c1-3-19(26-2)11-17(13-22)16-10-15-4-7-24-14-20(15)21(12-16)25-18-5-8-23-9-6-18/h3-4,10-14,18,23-25H,1,5-9,22H2,2H3/b17-13+,19-11+. The van der Waals surface area contributed by atoms with Gasteiger partial charge in [0.2, 0.25) is 0 Å². The third kappa shape index (κ3) is 4.11. The molecule has 0 spiro atoms. The molecular weight excluding hydrogens is 324 g/mol. The predicted octanol–water partition coefficient (Wildman–Crippen LogP) is 0.988. The van der Waals surface area contributed by atoms with Crippen LogP contribution in [0.25, 0.3) is 17.8 Å². The van der Waals surface area contributed by atoms with Gasteiger partial charge in [-0.25, -0.2) is 0 Å². The highest BCUT2D eigenvalue weighted by Gasteiger charge is 2.14. The van der Waals surface area contributed by atoms with Gasteiger partial charge in [-0.05, 0) is 61.0 Å². The van der Waals surface area contributed by atoms with Gasteiger partial charge in [0.1, 0.15) is 5.76 Å². The highest BCUT2D eigenvalue weighted by atomic mass is 16.5. The molecule has 138 valence electrons.